The lowest BCUT2D eigenvalue weighted by molar-refractivity contribution is 0.143. The SMILES string of the molecule is c1ccc(CC2[C@@H]3[C@@H]4CC[C@H]5C6C7[C@H]([C@@H]3[C@@H]3[C@H]2[C@@H]2CC[C@H]6[C@@H]2[C@@H]73)[C@@H]45)cc1. The second kappa shape index (κ2) is 3.99. The summed E-state index contributed by atoms with van der Waals surface area (Å²) in [5.74, 6) is 17.9. The van der Waals surface area contributed by atoms with Gasteiger partial charge >= 0.3 is 0 Å². The maximum absolute atomic E-state index is 2.44. The van der Waals surface area contributed by atoms with Crippen molar-refractivity contribution in [1.82, 2.24) is 0 Å². The molecule has 134 valence electrons. The third-order valence-corrected chi connectivity index (χ3v) is 12.4. The van der Waals surface area contributed by atoms with Crippen LogP contribution in [0.2, 0.25) is 0 Å². The lowest BCUT2D eigenvalue weighted by Gasteiger charge is -2.34. The highest BCUT2D eigenvalue weighted by atomic mass is 14.9. The van der Waals surface area contributed by atoms with Crippen molar-refractivity contribution >= 4 is 0 Å². The number of benzene rings is 1. The number of rotatable bonds is 2. The Labute approximate surface area is 157 Å². The molecule has 0 nitrogen and oxygen atoms in total. The zero-order valence-corrected chi connectivity index (χ0v) is 15.6. The van der Waals surface area contributed by atoms with Gasteiger partial charge in [-0.25, -0.2) is 0 Å². The van der Waals surface area contributed by atoms with Crippen molar-refractivity contribution in [2.24, 2.45) is 88.8 Å². The van der Waals surface area contributed by atoms with Gasteiger partial charge in [0.2, 0.25) is 0 Å². The van der Waals surface area contributed by atoms with Gasteiger partial charge in [0, 0.05) is 0 Å². The third kappa shape index (κ3) is 1.12. The first kappa shape index (κ1) is 13.4. The van der Waals surface area contributed by atoms with Crippen molar-refractivity contribution in [3.63, 3.8) is 0 Å². The van der Waals surface area contributed by atoms with Crippen LogP contribution in [0, 0.1) is 88.8 Å². The van der Waals surface area contributed by atoms with Crippen molar-refractivity contribution in [1.29, 1.82) is 0 Å². The summed E-state index contributed by atoms with van der Waals surface area (Å²) in [5, 5.41) is 0. The fraction of sp³-hybridized carbons (Fsp3) is 0.769. The zero-order valence-electron chi connectivity index (χ0n) is 15.6. The summed E-state index contributed by atoms with van der Waals surface area (Å²) in [6.07, 6.45) is 7.98. The van der Waals surface area contributed by atoms with Crippen LogP contribution < -0.4 is 0 Å². The molecule has 8 fully saturated rings. The lowest BCUT2D eigenvalue weighted by Crippen LogP contribution is -2.30. The minimum absolute atomic E-state index is 1.07. The van der Waals surface area contributed by atoms with Crippen molar-refractivity contribution in [2.45, 2.75) is 32.1 Å². The predicted molar refractivity (Wildman–Crippen MR) is 101 cm³/mol. The van der Waals surface area contributed by atoms with Gasteiger partial charge in [-0.3, -0.25) is 0 Å². The summed E-state index contributed by atoms with van der Waals surface area (Å²) in [5.41, 5.74) is 1.66. The van der Waals surface area contributed by atoms with E-state index in [-0.39, 0.29) is 0 Å². The average molecular weight is 343 g/mol. The standard InChI is InChI=1S/C26H30/c1-2-4-11(5-3-1)10-16-20-14-8-6-12-17-13-7-9-15-19(13)24-22(17)23(18(12)14)25(20)26(24)21(15)16/h1-5,12-26H,6-10H2/t12-,13+,14-,15-,16?,17?,18+,19-,20+,21+,22?,23+,24-,25-,26-/m1/s1. The Morgan fingerprint density at radius 2 is 0.923 bits per heavy atom. The summed E-state index contributed by atoms with van der Waals surface area (Å²) < 4.78 is 0. The highest BCUT2D eigenvalue weighted by Crippen LogP contribution is 2.89. The number of hydrogen-bond donors (Lipinski definition) is 0. The molecule has 3 unspecified atom stereocenters. The van der Waals surface area contributed by atoms with E-state index in [4.69, 9.17) is 0 Å². The Kier molecular flexibility index (Phi) is 2.06. The minimum Gasteiger partial charge on any atom is -0.0622 e. The molecule has 0 saturated heterocycles. The summed E-state index contributed by atoms with van der Waals surface area (Å²) >= 11 is 0. The molecule has 0 aromatic heterocycles. The van der Waals surface area contributed by atoms with Crippen LogP contribution in [0.25, 0.3) is 0 Å². The summed E-state index contributed by atoms with van der Waals surface area (Å²) in [7, 11) is 0. The first-order valence-corrected chi connectivity index (χ1v) is 12.0. The lowest BCUT2D eigenvalue weighted by atomic mass is 9.70. The van der Waals surface area contributed by atoms with Crippen LogP contribution in [0.5, 0.6) is 0 Å². The van der Waals surface area contributed by atoms with Gasteiger partial charge in [-0.1, -0.05) is 30.3 Å². The monoisotopic (exact) mass is 342 g/mol. The Morgan fingerprint density at radius 3 is 1.42 bits per heavy atom. The second-order valence-corrected chi connectivity index (χ2v) is 11.9. The molecular formula is C26H30. The van der Waals surface area contributed by atoms with E-state index < -0.39 is 0 Å². The van der Waals surface area contributed by atoms with Crippen LogP contribution >= 0.6 is 0 Å². The molecule has 1 aromatic carbocycles. The highest BCUT2D eigenvalue weighted by molar-refractivity contribution is 5.33. The maximum atomic E-state index is 2.44. The molecule has 0 heteroatoms. The molecule has 26 heavy (non-hydrogen) atoms. The molecule has 8 saturated carbocycles. The van der Waals surface area contributed by atoms with Gasteiger partial charge in [-0.05, 0) is 126 Å². The molecule has 8 aliphatic carbocycles. The quantitative estimate of drug-likeness (QED) is 0.698. The Morgan fingerprint density at radius 1 is 0.500 bits per heavy atom. The van der Waals surface area contributed by atoms with E-state index in [0.29, 0.717) is 0 Å². The molecule has 0 heterocycles. The summed E-state index contributed by atoms with van der Waals surface area (Å²) in [4.78, 5) is 0. The van der Waals surface area contributed by atoms with Gasteiger partial charge < -0.3 is 0 Å². The third-order valence-electron chi connectivity index (χ3n) is 12.4. The number of hydrogen-bond acceptors (Lipinski definition) is 0. The molecule has 8 aliphatic rings. The van der Waals surface area contributed by atoms with E-state index in [1.54, 1.807) is 31.2 Å². The van der Waals surface area contributed by atoms with E-state index >= 15 is 0 Å². The molecule has 15 atom stereocenters. The van der Waals surface area contributed by atoms with Crippen LogP contribution in [0.1, 0.15) is 31.2 Å². The molecule has 0 radical (unpaired) electrons. The van der Waals surface area contributed by atoms with Crippen molar-refractivity contribution in [3.8, 4) is 0 Å². The first-order valence-electron chi connectivity index (χ1n) is 12.0. The fourth-order valence-corrected chi connectivity index (χ4v) is 13.0. The molecule has 1 aromatic rings. The van der Waals surface area contributed by atoms with E-state index in [2.05, 4.69) is 30.3 Å². The fourth-order valence-electron chi connectivity index (χ4n) is 13.0. The van der Waals surface area contributed by atoms with Crippen molar-refractivity contribution < 1.29 is 0 Å². The normalized spacial score (nSPS) is 68.7. The van der Waals surface area contributed by atoms with Crippen LogP contribution in [-0.2, 0) is 6.42 Å². The molecule has 0 aliphatic heterocycles. The van der Waals surface area contributed by atoms with Gasteiger partial charge in [0.1, 0.15) is 0 Å². The molecule has 0 spiro atoms. The number of fused-ring (bicyclic) bond motifs is 4. The van der Waals surface area contributed by atoms with Gasteiger partial charge in [0.05, 0.1) is 0 Å². The molecule has 0 N–H and O–H groups in total. The van der Waals surface area contributed by atoms with E-state index in [9.17, 15) is 0 Å². The van der Waals surface area contributed by atoms with Gasteiger partial charge in [-0.15, -0.1) is 0 Å². The predicted octanol–water partition coefficient (Wildman–Crippen LogP) is 5.14. The Hall–Kier alpha value is -0.780. The smallest absolute Gasteiger partial charge is 0.0245 e. The Bertz CT molecular complexity index is 765. The van der Waals surface area contributed by atoms with Gasteiger partial charge in [0.25, 0.3) is 0 Å². The van der Waals surface area contributed by atoms with Crippen LogP contribution in [-0.4, -0.2) is 0 Å². The van der Waals surface area contributed by atoms with Gasteiger partial charge in [-0.2, -0.15) is 0 Å². The summed E-state index contributed by atoms with van der Waals surface area (Å²) in [6.45, 7) is 0. The zero-order chi connectivity index (χ0) is 16.3. The molecule has 0 bridgehead atoms. The van der Waals surface area contributed by atoms with E-state index in [1.807, 2.05) is 0 Å². The molecule has 0 amide bonds. The van der Waals surface area contributed by atoms with Crippen molar-refractivity contribution in [3.05, 3.63) is 35.9 Å². The van der Waals surface area contributed by atoms with E-state index in [1.165, 1.54) is 77.4 Å². The first-order chi connectivity index (χ1) is 12.9. The minimum atomic E-state index is 1.07. The maximum Gasteiger partial charge on any atom is -0.0245 e. The van der Waals surface area contributed by atoms with E-state index in [0.717, 1.165) is 17.8 Å². The largest absolute Gasteiger partial charge is 0.0622 e. The average Bonchev–Trinajstić information content (AvgIpc) is 3.42. The molecule has 9 rings (SSSR count). The summed E-state index contributed by atoms with van der Waals surface area (Å²) in [6, 6.07) is 11.7. The van der Waals surface area contributed by atoms with Crippen LogP contribution in [0.15, 0.2) is 30.3 Å². The van der Waals surface area contributed by atoms with Crippen LogP contribution in [0.4, 0.5) is 0 Å². The second-order valence-electron chi connectivity index (χ2n) is 11.9. The van der Waals surface area contributed by atoms with Crippen molar-refractivity contribution in [2.75, 3.05) is 0 Å². The van der Waals surface area contributed by atoms with Gasteiger partial charge in [0.15, 0.2) is 0 Å². The Balaban J connectivity index is 1.26. The topological polar surface area (TPSA) is 0 Å². The van der Waals surface area contributed by atoms with Crippen LogP contribution in [0.3, 0.4) is 0 Å². The highest BCUT2D eigenvalue weighted by Gasteiger charge is 2.84. The molecular weight excluding hydrogens is 312 g/mol.